The Hall–Kier alpha value is -0.700. The molecule has 3 nitrogen and oxygen atoms in total. The van der Waals surface area contributed by atoms with Crippen LogP contribution in [0.5, 0.6) is 0 Å². The molecular weight excluding hydrogens is 166 g/mol. The molecule has 0 aliphatic heterocycles. The second-order valence-electron chi connectivity index (χ2n) is 3.33. The van der Waals surface area contributed by atoms with Crippen molar-refractivity contribution in [3.63, 3.8) is 0 Å². The molecule has 0 amide bonds. The Kier molecular flexibility index (Phi) is 7.50. The Morgan fingerprint density at radius 1 is 1.08 bits per heavy atom. The summed E-state index contributed by atoms with van der Waals surface area (Å²) in [5, 5.41) is 2.82. The summed E-state index contributed by atoms with van der Waals surface area (Å²) in [5.41, 5.74) is 0. The molecule has 0 spiro atoms. The molecule has 1 N–H and O–H groups in total. The largest absolute Gasteiger partial charge is 0.313 e. The van der Waals surface area contributed by atoms with Gasteiger partial charge in [0.25, 0.3) is 0 Å². The number of carbonyl (C=O) groups is 2. The number of unbranched alkanes of at least 4 members (excludes halogenated alkanes) is 2. The molecule has 0 aromatic carbocycles. The third-order valence-corrected chi connectivity index (χ3v) is 1.86. The van der Waals surface area contributed by atoms with E-state index in [2.05, 4.69) is 5.32 Å². The minimum atomic E-state index is 0.238. The molecule has 13 heavy (non-hydrogen) atoms. The highest BCUT2D eigenvalue weighted by Gasteiger charge is 1.99. The van der Waals surface area contributed by atoms with Crippen molar-refractivity contribution in [2.75, 3.05) is 13.6 Å². The van der Waals surface area contributed by atoms with E-state index in [1.807, 2.05) is 0 Å². The Morgan fingerprint density at radius 2 is 1.69 bits per heavy atom. The third-order valence-electron chi connectivity index (χ3n) is 1.86. The van der Waals surface area contributed by atoms with Crippen molar-refractivity contribution in [1.29, 1.82) is 0 Å². The van der Waals surface area contributed by atoms with Crippen LogP contribution < -0.4 is 5.32 Å². The van der Waals surface area contributed by atoms with Crippen molar-refractivity contribution in [1.82, 2.24) is 5.32 Å². The standard InChI is InChI=1S/C10H19NO2/c1-9(12)6-4-3-5-7-10(13)8-11-2/h11H,3-8H2,1-2H3. The van der Waals surface area contributed by atoms with Crippen molar-refractivity contribution >= 4 is 11.6 Å². The van der Waals surface area contributed by atoms with E-state index in [9.17, 15) is 9.59 Å². The Labute approximate surface area is 79.9 Å². The monoisotopic (exact) mass is 185 g/mol. The Morgan fingerprint density at radius 3 is 2.23 bits per heavy atom. The fraction of sp³-hybridized carbons (Fsp3) is 0.800. The van der Waals surface area contributed by atoms with E-state index in [-0.39, 0.29) is 11.6 Å². The maximum atomic E-state index is 11.0. The van der Waals surface area contributed by atoms with Crippen LogP contribution in [0.25, 0.3) is 0 Å². The van der Waals surface area contributed by atoms with Crippen LogP contribution >= 0.6 is 0 Å². The molecule has 0 atom stereocenters. The first-order valence-corrected chi connectivity index (χ1v) is 4.82. The SMILES string of the molecule is CNCC(=O)CCCCCC(C)=O. The Balaban J connectivity index is 3.16. The maximum absolute atomic E-state index is 11.0. The molecule has 0 aromatic heterocycles. The molecule has 3 heteroatoms. The molecule has 0 unspecified atom stereocenters. The lowest BCUT2D eigenvalue weighted by Crippen LogP contribution is -2.17. The van der Waals surface area contributed by atoms with Crippen molar-refractivity contribution in [3.05, 3.63) is 0 Å². The highest BCUT2D eigenvalue weighted by Crippen LogP contribution is 2.03. The van der Waals surface area contributed by atoms with Crippen LogP contribution in [0.2, 0.25) is 0 Å². The molecule has 0 bridgehead atoms. The fourth-order valence-corrected chi connectivity index (χ4v) is 1.16. The summed E-state index contributed by atoms with van der Waals surface area (Å²) in [6.07, 6.45) is 4.10. The van der Waals surface area contributed by atoms with Crippen LogP contribution in [0.15, 0.2) is 0 Å². The summed E-state index contributed by atoms with van der Waals surface area (Å²) >= 11 is 0. The van der Waals surface area contributed by atoms with Gasteiger partial charge in [-0.15, -0.1) is 0 Å². The predicted octanol–water partition coefficient (Wildman–Crippen LogP) is 1.31. The zero-order valence-electron chi connectivity index (χ0n) is 8.56. The average Bonchev–Trinajstić information content (AvgIpc) is 2.03. The van der Waals surface area contributed by atoms with Crippen LogP contribution in [0.3, 0.4) is 0 Å². The lowest BCUT2D eigenvalue weighted by molar-refractivity contribution is -0.118. The van der Waals surface area contributed by atoms with Gasteiger partial charge in [-0.2, -0.15) is 0 Å². The van der Waals surface area contributed by atoms with Crippen molar-refractivity contribution in [2.45, 2.75) is 39.0 Å². The van der Waals surface area contributed by atoms with Gasteiger partial charge in [-0.3, -0.25) is 4.79 Å². The van der Waals surface area contributed by atoms with Crippen molar-refractivity contribution in [2.24, 2.45) is 0 Å². The lowest BCUT2D eigenvalue weighted by atomic mass is 10.1. The number of rotatable bonds is 8. The summed E-state index contributed by atoms with van der Waals surface area (Å²) in [6.45, 7) is 2.07. The maximum Gasteiger partial charge on any atom is 0.146 e. The van der Waals surface area contributed by atoms with Crippen molar-refractivity contribution < 1.29 is 9.59 Å². The lowest BCUT2D eigenvalue weighted by Gasteiger charge is -1.99. The van der Waals surface area contributed by atoms with E-state index in [1.54, 1.807) is 14.0 Å². The van der Waals surface area contributed by atoms with Gasteiger partial charge in [0.05, 0.1) is 6.54 Å². The summed E-state index contributed by atoms with van der Waals surface area (Å²) in [5.74, 6) is 0.492. The molecular formula is C10H19NO2. The van der Waals surface area contributed by atoms with Crippen LogP contribution in [0.1, 0.15) is 39.0 Å². The first-order valence-electron chi connectivity index (χ1n) is 4.82. The minimum absolute atomic E-state index is 0.238. The van der Waals surface area contributed by atoms with E-state index in [0.29, 0.717) is 19.4 Å². The molecule has 0 aliphatic rings. The first kappa shape index (κ1) is 12.3. The molecule has 0 heterocycles. The van der Waals surface area contributed by atoms with Crippen LogP contribution in [-0.4, -0.2) is 25.2 Å². The average molecular weight is 185 g/mol. The smallest absolute Gasteiger partial charge is 0.146 e. The van der Waals surface area contributed by atoms with Crippen LogP contribution in [-0.2, 0) is 9.59 Å². The quantitative estimate of drug-likeness (QED) is 0.580. The number of ketones is 2. The van der Waals surface area contributed by atoms with Crippen LogP contribution in [0, 0.1) is 0 Å². The topological polar surface area (TPSA) is 46.2 Å². The number of hydrogen-bond donors (Lipinski definition) is 1. The number of likely N-dealkylation sites (N-methyl/N-ethyl adjacent to an activating group) is 1. The second-order valence-corrected chi connectivity index (χ2v) is 3.33. The summed E-state index contributed by atoms with van der Waals surface area (Å²) in [7, 11) is 1.77. The zero-order valence-corrected chi connectivity index (χ0v) is 8.56. The number of carbonyl (C=O) groups excluding carboxylic acids is 2. The molecule has 0 saturated carbocycles. The third kappa shape index (κ3) is 9.21. The normalized spacial score (nSPS) is 10.0. The van der Waals surface area contributed by atoms with Gasteiger partial charge in [0, 0.05) is 12.8 Å². The number of nitrogens with one attached hydrogen (secondary N) is 1. The number of hydrogen-bond acceptors (Lipinski definition) is 3. The summed E-state index contributed by atoms with van der Waals surface area (Å²) in [4.78, 5) is 21.6. The summed E-state index contributed by atoms with van der Waals surface area (Å²) in [6, 6.07) is 0. The van der Waals surface area contributed by atoms with Gasteiger partial charge >= 0.3 is 0 Å². The van der Waals surface area contributed by atoms with E-state index < -0.39 is 0 Å². The summed E-state index contributed by atoms with van der Waals surface area (Å²) < 4.78 is 0. The minimum Gasteiger partial charge on any atom is -0.313 e. The van der Waals surface area contributed by atoms with Gasteiger partial charge in [-0.1, -0.05) is 6.42 Å². The fourth-order valence-electron chi connectivity index (χ4n) is 1.16. The predicted molar refractivity (Wildman–Crippen MR) is 52.7 cm³/mol. The molecule has 0 saturated heterocycles. The van der Waals surface area contributed by atoms with E-state index in [4.69, 9.17) is 0 Å². The van der Waals surface area contributed by atoms with Crippen molar-refractivity contribution in [3.8, 4) is 0 Å². The van der Waals surface area contributed by atoms with E-state index in [0.717, 1.165) is 19.3 Å². The molecule has 0 rings (SSSR count). The van der Waals surface area contributed by atoms with Gasteiger partial charge in [-0.25, -0.2) is 0 Å². The zero-order chi connectivity index (χ0) is 10.1. The Bertz CT molecular complexity index is 166. The number of Topliss-reactive ketones (excluding diaryl/α,β-unsaturated/α-hetero) is 2. The van der Waals surface area contributed by atoms with Gasteiger partial charge in [0.2, 0.25) is 0 Å². The van der Waals surface area contributed by atoms with E-state index in [1.165, 1.54) is 0 Å². The highest BCUT2D eigenvalue weighted by molar-refractivity contribution is 5.80. The van der Waals surface area contributed by atoms with Gasteiger partial charge < -0.3 is 10.1 Å². The molecule has 0 radical (unpaired) electrons. The highest BCUT2D eigenvalue weighted by atomic mass is 16.1. The van der Waals surface area contributed by atoms with Crippen LogP contribution in [0.4, 0.5) is 0 Å². The van der Waals surface area contributed by atoms with Gasteiger partial charge in [0.1, 0.15) is 11.6 Å². The second kappa shape index (κ2) is 7.92. The molecule has 0 fully saturated rings. The van der Waals surface area contributed by atoms with E-state index >= 15 is 0 Å². The molecule has 0 aromatic rings. The van der Waals surface area contributed by atoms with Gasteiger partial charge in [-0.05, 0) is 26.8 Å². The van der Waals surface area contributed by atoms with Gasteiger partial charge in [0.15, 0.2) is 0 Å². The molecule has 0 aliphatic carbocycles. The molecule has 76 valence electrons. The first-order chi connectivity index (χ1) is 6.16.